The van der Waals surface area contributed by atoms with Crippen molar-refractivity contribution in [1.82, 2.24) is 4.90 Å². The molecule has 1 aromatic rings. The molecule has 0 aliphatic heterocycles. The van der Waals surface area contributed by atoms with Gasteiger partial charge in [-0.15, -0.1) is 0 Å². The summed E-state index contributed by atoms with van der Waals surface area (Å²) in [6, 6.07) is 5.79. The van der Waals surface area contributed by atoms with E-state index in [2.05, 4.69) is 4.90 Å². The molecule has 0 aromatic heterocycles. The molecule has 21 heavy (non-hydrogen) atoms. The van der Waals surface area contributed by atoms with E-state index in [4.69, 9.17) is 4.74 Å². The zero-order valence-corrected chi connectivity index (χ0v) is 13.1. The van der Waals surface area contributed by atoms with Gasteiger partial charge in [-0.25, -0.2) is 0 Å². The Morgan fingerprint density at radius 1 is 1.19 bits per heavy atom. The van der Waals surface area contributed by atoms with Crippen molar-refractivity contribution < 1.29 is 9.53 Å². The van der Waals surface area contributed by atoms with Gasteiger partial charge in [0.05, 0.1) is 7.11 Å². The van der Waals surface area contributed by atoms with Crippen LogP contribution in [0.15, 0.2) is 18.2 Å². The van der Waals surface area contributed by atoms with Crippen molar-refractivity contribution in [3.05, 3.63) is 29.3 Å². The van der Waals surface area contributed by atoms with Crippen LogP contribution >= 0.6 is 0 Å². The van der Waals surface area contributed by atoms with Crippen LogP contribution < -0.4 is 4.74 Å². The molecule has 3 heteroatoms. The normalized spacial score (nSPS) is 18.0. The molecular formula is C18H25NO2. The summed E-state index contributed by atoms with van der Waals surface area (Å²) in [5.74, 6) is 2.81. The van der Waals surface area contributed by atoms with E-state index in [9.17, 15) is 4.79 Å². The Morgan fingerprint density at radius 3 is 2.29 bits per heavy atom. The van der Waals surface area contributed by atoms with E-state index in [-0.39, 0.29) is 5.78 Å². The SMILES string of the molecule is COc1ccc(C(C)=O)cc1CN(CC1CC1)CC1CC1. The fourth-order valence-electron chi connectivity index (χ4n) is 2.90. The highest BCUT2D eigenvalue weighted by Crippen LogP contribution is 2.35. The van der Waals surface area contributed by atoms with Crippen molar-refractivity contribution in [2.24, 2.45) is 11.8 Å². The number of carbonyl (C=O) groups is 1. The van der Waals surface area contributed by atoms with Crippen molar-refractivity contribution in [2.45, 2.75) is 39.2 Å². The highest BCUT2D eigenvalue weighted by molar-refractivity contribution is 5.94. The lowest BCUT2D eigenvalue weighted by atomic mass is 10.1. The Balaban J connectivity index is 1.75. The summed E-state index contributed by atoms with van der Waals surface area (Å²) in [6.45, 7) is 4.92. The van der Waals surface area contributed by atoms with Gasteiger partial charge in [-0.1, -0.05) is 0 Å². The summed E-state index contributed by atoms with van der Waals surface area (Å²) in [5, 5.41) is 0. The molecule has 2 aliphatic carbocycles. The van der Waals surface area contributed by atoms with E-state index in [0.717, 1.165) is 35.3 Å². The molecule has 0 saturated heterocycles. The lowest BCUT2D eigenvalue weighted by Gasteiger charge is -2.23. The second-order valence-corrected chi connectivity index (χ2v) is 6.66. The van der Waals surface area contributed by atoms with Gasteiger partial charge >= 0.3 is 0 Å². The van der Waals surface area contributed by atoms with Crippen LogP contribution in [0.4, 0.5) is 0 Å². The van der Waals surface area contributed by atoms with Crippen LogP contribution in [0, 0.1) is 11.8 Å². The second kappa shape index (κ2) is 6.18. The first-order chi connectivity index (χ1) is 10.2. The largest absolute Gasteiger partial charge is 0.496 e. The van der Waals surface area contributed by atoms with Gasteiger partial charge in [-0.3, -0.25) is 9.69 Å². The van der Waals surface area contributed by atoms with Crippen LogP contribution in [0.2, 0.25) is 0 Å². The predicted molar refractivity (Wildman–Crippen MR) is 83.7 cm³/mol. The van der Waals surface area contributed by atoms with Gasteiger partial charge in [0.2, 0.25) is 0 Å². The number of methoxy groups -OCH3 is 1. The van der Waals surface area contributed by atoms with Gasteiger partial charge < -0.3 is 4.74 Å². The number of hydrogen-bond acceptors (Lipinski definition) is 3. The number of carbonyl (C=O) groups excluding carboxylic acids is 1. The third-order valence-electron chi connectivity index (χ3n) is 4.51. The maximum atomic E-state index is 11.6. The molecule has 0 N–H and O–H groups in total. The van der Waals surface area contributed by atoms with Crippen molar-refractivity contribution in [3.8, 4) is 5.75 Å². The molecule has 3 nitrogen and oxygen atoms in total. The van der Waals surface area contributed by atoms with E-state index in [1.165, 1.54) is 38.8 Å². The molecule has 2 saturated carbocycles. The number of rotatable bonds is 8. The molecule has 0 unspecified atom stereocenters. The number of Topliss-reactive ketones (excluding diaryl/α,β-unsaturated/α-hetero) is 1. The quantitative estimate of drug-likeness (QED) is 0.685. The molecule has 0 amide bonds. The lowest BCUT2D eigenvalue weighted by molar-refractivity contribution is 0.101. The van der Waals surface area contributed by atoms with Crippen LogP contribution in [0.25, 0.3) is 0 Å². The molecular weight excluding hydrogens is 262 g/mol. The summed E-state index contributed by atoms with van der Waals surface area (Å²) in [7, 11) is 1.71. The first-order valence-corrected chi connectivity index (χ1v) is 8.06. The topological polar surface area (TPSA) is 29.5 Å². The van der Waals surface area contributed by atoms with E-state index >= 15 is 0 Å². The smallest absolute Gasteiger partial charge is 0.159 e. The maximum Gasteiger partial charge on any atom is 0.159 e. The van der Waals surface area contributed by atoms with E-state index in [1.807, 2.05) is 18.2 Å². The number of ketones is 1. The third-order valence-corrected chi connectivity index (χ3v) is 4.51. The van der Waals surface area contributed by atoms with E-state index in [1.54, 1.807) is 14.0 Å². The molecule has 0 heterocycles. The van der Waals surface area contributed by atoms with Gasteiger partial charge in [-0.2, -0.15) is 0 Å². The van der Waals surface area contributed by atoms with Crippen LogP contribution in [0.1, 0.15) is 48.5 Å². The number of hydrogen-bond donors (Lipinski definition) is 0. The third kappa shape index (κ3) is 4.07. The second-order valence-electron chi connectivity index (χ2n) is 6.66. The highest BCUT2D eigenvalue weighted by atomic mass is 16.5. The van der Waals surface area contributed by atoms with Gasteiger partial charge in [0, 0.05) is 30.8 Å². The Labute approximate surface area is 127 Å². The number of ether oxygens (including phenoxy) is 1. The molecule has 0 bridgehead atoms. The lowest BCUT2D eigenvalue weighted by Crippen LogP contribution is -2.28. The maximum absolute atomic E-state index is 11.6. The van der Waals surface area contributed by atoms with Crippen molar-refractivity contribution in [3.63, 3.8) is 0 Å². The fraction of sp³-hybridized carbons (Fsp3) is 0.611. The number of nitrogens with zero attached hydrogens (tertiary/aromatic N) is 1. The first kappa shape index (κ1) is 14.6. The summed E-state index contributed by atoms with van der Waals surface area (Å²) < 4.78 is 5.48. The first-order valence-electron chi connectivity index (χ1n) is 8.06. The minimum Gasteiger partial charge on any atom is -0.496 e. The Kier molecular flexibility index (Phi) is 4.29. The zero-order valence-electron chi connectivity index (χ0n) is 13.1. The molecule has 2 aliphatic rings. The zero-order chi connectivity index (χ0) is 14.8. The van der Waals surface area contributed by atoms with Crippen LogP contribution in [-0.4, -0.2) is 30.9 Å². The van der Waals surface area contributed by atoms with Crippen LogP contribution in [0.5, 0.6) is 5.75 Å². The van der Waals surface area contributed by atoms with Crippen molar-refractivity contribution in [1.29, 1.82) is 0 Å². The summed E-state index contributed by atoms with van der Waals surface area (Å²) in [4.78, 5) is 14.2. The highest BCUT2D eigenvalue weighted by Gasteiger charge is 2.29. The average Bonchev–Trinajstić information content (AvgIpc) is 3.35. The van der Waals surface area contributed by atoms with Gasteiger partial charge in [-0.05, 0) is 62.6 Å². The Bertz CT molecular complexity index is 504. The van der Waals surface area contributed by atoms with Gasteiger partial charge in [0.15, 0.2) is 5.78 Å². The number of benzene rings is 1. The van der Waals surface area contributed by atoms with Crippen LogP contribution in [-0.2, 0) is 6.54 Å². The monoisotopic (exact) mass is 287 g/mol. The minimum absolute atomic E-state index is 0.120. The fourth-order valence-corrected chi connectivity index (χ4v) is 2.90. The summed E-state index contributed by atoms with van der Waals surface area (Å²) in [5.41, 5.74) is 1.93. The molecule has 1 aromatic carbocycles. The van der Waals surface area contributed by atoms with Crippen molar-refractivity contribution in [2.75, 3.05) is 20.2 Å². The standard InChI is InChI=1S/C18H25NO2/c1-13(20)16-7-8-18(21-2)17(9-16)12-19(10-14-3-4-14)11-15-5-6-15/h7-9,14-15H,3-6,10-12H2,1-2H3. The van der Waals surface area contributed by atoms with Gasteiger partial charge in [0.25, 0.3) is 0 Å². The molecule has 114 valence electrons. The average molecular weight is 287 g/mol. The predicted octanol–water partition coefficient (Wildman–Crippen LogP) is 3.52. The van der Waals surface area contributed by atoms with E-state index in [0.29, 0.717) is 0 Å². The molecule has 0 spiro atoms. The summed E-state index contributed by atoms with van der Waals surface area (Å²) >= 11 is 0. The molecule has 3 rings (SSSR count). The minimum atomic E-state index is 0.120. The van der Waals surface area contributed by atoms with Crippen LogP contribution in [0.3, 0.4) is 0 Å². The summed E-state index contributed by atoms with van der Waals surface area (Å²) in [6.07, 6.45) is 5.52. The Hall–Kier alpha value is -1.35. The van der Waals surface area contributed by atoms with Crippen molar-refractivity contribution >= 4 is 5.78 Å². The Morgan fingerprint density at radius 2 is 1.81 bits per heavy atom. The van der Waals surface area contributed by atoms with E-state index < -0.39 is 0 Å². The molecule has 0 atom stereocenters. The molecule has 2 fully saturated rings. The molecule has 0 radical (unpaired) electrons. The van der Waals surface area contributed by atoms with Gasteiger partial charge in [0.1, 0.15) is 5.75 Å².